The third-order valence-corrected chi connectivity index (χ3v) is 11.2. The van der Waals surface area contributed by atoms with Gasteiger partial charge in [0.1, 0.15) is 0 Å². The van der Waals surface area contributed by atoms with E-state index >= 15 is 0 Å². The van der Waals surface area contributed by atoms with Gasteiger partial charge in [-0.15, -0.1) is 0 Å². The van der Waals surface area contributed by atoms with E-state index in [4.69, 9.17) is 4.74 Å². The number of fused-ring (bicyclic) bond motifs is 1. The fourth-order valence-electron chi connectivity index (χ4n) is 7.29. The third kappa shape index (κ3) is 7.69. The zero-order valence-electron chi connectivity index (χ0n) is 27.1. The molecule has 46 heavy (non-hydrogen) atoms. The maximum atomic E-state index is 14.0. The molecule has 0 aromatic heterocycles. The number of anilines is 1. The molecule has 4 amide bonds. The molecule has 1 atom stereocenters. The van der Waals surface area contributed by atoms with E-state index in [0.717, 1.165) is 72.3 Å². The molecule has 0 bridgehead atoms. The Hall–Kier alpha value is -3.15. The number of benzene rings is 2. The van der Waals surface area contributed by atoms with Gasteiger partial charge in [-0.25, -0.2) is 9.59 Å². The zero-order chi connectivity index (χ0) is 32.2. The number of piperazine rings is 1. The minimum atomic E-state index is -0.894. The molecule has 4 aliphatic heterocycles. The highest BCUT2D eigenvalue weighted by Gasteiger charge is 2.36. The van der Waals surface area contributed by atoms with E-state index in [2.05, 4.69) is 44.2 Å². The first-order valence-corrected chi connectivity index (χ1v) is 17.6. The molecule has 0 saturated carbocycles. The van der Waals surface area contributed by atoms with Crippen molar-refractivity contribution in [2.45, 2.75) is 63.6 Å². The van der Waals surface area contributed by atoms with Gasteiger partial charge >= 0.3 is 12.1 Å². The second-order valence-corrected chi connectivity index (χ2v) is 14.2. The normalized spacial score (nSPS) is 21.4. The Labute approximate surface area is 281 Å². The Bertz CT molecular complexity index is 1400. The molecule has 4 aliphatic rings. The van der Waals surface area contributed by atoms with Crippen LogP contribution in [-0.4, -0.2) is 127 Å². The topological polar surface area (TPSA) is 88.7 Å². The number of amides is 4. The lowest BCUT2D eigenvalue weighted by atomic mass is 10.00. The molecule has 0 radical (unpaired) electrons. The molecule has 0 aliphatic carbocycles. The number of urea groups is 1. The summed E-state index contributed by atoms with van der Waals surface area (Å²) in [6, 6.07) is 14.4. The van der Waals surface area contributed by atoms with Crippen molar-refractivity contribution >= 4 is 39.6 Å². The van der Waals surface area contributed by atoms with Crippen molar-refractivity contribution in [3.8, 4) is 0 Å². The zero-order valence-corrected chi connectivity index (χ0v) is 28.7. The number of hydrogen-bond acceptors (Lipinski definition) is 6. The van der Waals surface area contributed by atoms with Crippen LogP contribution in [0.15, 0.2) is 46.9 Å². The molecule has 1 N–H and O–H groups in total. The summed E-state index contributed by atoms with van der Waals surface area (Å²) >= 11 is 3.62. The van der Waals surface area contributed by atoms with Crippen LogP contribution in [0.25, 0.3) is 0 Å². The summed E-state index contributed by atoms with van der Waals surface area (Å²) in [5, 5.41) is 3.06. The van der Waals surface area contributed by atoms with Crippen LogP contribution in [0.4, 0.5) is 15.3 Å². The van der Waals surface area contributed by atoms with Crippen LogP contribution in [0.3, 0.4) is 0 Å². The maximum Gasteiger partial charge on any atom is 0.410 e. The van der Waals surface area contributed by atoms with Gasteiger partial charge in [-0.2, -0.15) is 0 Å². The lowest BCUT2D eigenvalue weighted by molar-refractivity contribution is -0.142. The Kier molecular flexibility index (Phi) is 10.5. The van der Waals surface area contributed by atoms with Gasteiger partial charge in [-0.05, 0) is 74.9 Å². The van der Waals surface area contributed by atoms with Crippen LogP contribution in [0.5, 0.6) is 0 Å². The Morgan fingerprint density at radius 1 is 0.891 bits per heavy atom. The fraction of sp³-hybridized carbons (Fsp3) is 0.571. The van der Waals surface area contributed by atoms with E-state index in [9.17, 15) is 14.4 Å². The van der Waals surface area contributed by atoms with Gasteiger partial charge < -0.3 is 29.7 Å². The van der Waals surface area contributed by atoms with Gasteiger partial charge in [-0.1, -0.05) is 46.3 Å². The second kappa shape index (κ2) is 14.7. The monoisotopic (exact) mass is 694 g/mol. The average molecular weight is 696 g/mol. The molecule has 248 valence electrons. The second-order valence-electron chi connectivity index (χ2n) is 13.3. The highest BCUT2D eigenvalue weighted by Crippen LogP contribution is 2.26. The number of carbonyl (C=O) groups excluding carboxylic acids is 3. The first-order valence-electron chi connectivity index (χ1n) is 16.8. The van der Waals surface area contributed by atoms with Gasteiger partial charge in [0, 0.05) is 87.6 Å². The van der Waals surface area contributed by atoms with Crippen molar-refractivity contribution in [2.75, 3.05) is 71.3 Å². The van der Waals surface area contributed by atoms with Gasteiger partial charge in [-0.3, -0.25) is 9.69 Å². The van der Waals surface area contributed by atoms with Gasteiger partial charge in [0.2, 0.25) is 0 Å². The minimum Gasteiger partial charge on any atom is -0.436 e. The van der Waals surface area contributed by atoms with E-state index in [1.54, 1.807) is 4.90 Å². The number of carbonyl (C=O) groups is 3. The number of para-hydroxylation sites is 1. The van der Waals surface area contributed by atoms with Crippen molar-refractivity contribution in [1.82, 2.24) is 24.5 Å². The third-order valence-electron chi connectivity index (χ3n) is 10.3. The van der Waals surface area contributed by atoms with Crippen LogP contribution in [-0.2, 0) is 22.4 Å². The Morgan fingerprint density at radius 2 is 1.57 bits per heavy atom. The first kappa shape index (κ1) is 32.8. The lowest BCUT2D eigenvalue weighted by Crippen LogP contribution is -2.54. The highest BCUT2D eigenvalue weighted by molar-refractivity contribution is 9.10. The number of likely N-dealkylation sites (tertiary alicyclic amines) is 2. The van der Waals surface area contributed by atoms with Crippen molar-refractivity contribution in [3.63, 3.8) is 0 Å². The summed E-state index contributed by atoms with van der Waals surface area (Å²) in [6.07, 6.45) is 2.99. The molecule has 6 rings (SSSR count). The summed E-state index contributed by atoms with van der Waals surface area (Å²) < 4.78 is 7.04. The molecule has 2 aromatic carbocycles. The molecule has 0 spiro atoms. The predicted molar refractivity (Wildman–Crippen MR) is 182 cm³/mol. The standard InChI is InChI=1S/C35H47BrN6O4/c1-25-7-8-26(23-30(25)36)24-32(33(43)40-14-10-28(11-15-40)39-21-19-38(2)20-22-39)46-35(45)41-16-12-29(13-17-41)42-18-9-27-5-3-4-6-31(27)37-34(42)44/h3-8,23,28-29,32H,9-22,24H2,1-2H3,(H,37,44)/t32-/m1/s1. The van der Waals surface area contributed by atoms with E-state index in [0.29, 0.717) is 58.0 Å². The SMILES string of the molecule is Cc1ccc(C[C@@H](OC(=O)N2CCC(N3CCc4ccccc4NC3=O)CC2)C(=O)N2CCC(N3CCN(C)CC3)CC2)cc1Br. The number of likely N-dealkylation sites (N-methyl/N-ethyl adjacent to an activating group) is 1. The van der Waals surface area contributed by atoms with Crippen LogP contribution < -0.4 is 5.32 Å². The maximum absolute atomic E-state index is 14.0. The van der Waals surface area contributed by atoms with Crippen molar-refractivity contribution < 1.29 is 19.1 Å². The van der Waals surface area contributed by atoms with E-state index in [1.165, 1.54) is 0 Å². The number of rotatable bonds is 6. The van der Waals surface area contributed by atoms with Crippen molar-refractivity contribution in [2.24, 2.45) is 0 Å². The summed E-state index contributed by atoms with van der Waals surface area (Å²) in [5.74, 6) is -0.113. The van der Waals surface area contributed by atoms with Crippen LogP contribution >= 0.6 is 15.9 Å². The average Bonchev–Trinajstić information content (AvgIpc) is 3.24. The highest BCUT2D eigenvalue weighted by atomic mass is 79.9. The van der Waals surface area contributed by atoms with E-state index in [-0.39, 0.29) is 18.0 Å². The van der Waals surface area contributed by atoms with Crippen molar-refractivity contribution in [3.05, 3.63) is 63.6 Å². The smallest absolute Gasteiger partial charge is 0.410 e. The minimum absolute atomic E-state index is 0.0438. The molecule has 2 aromatic rings. The number of halogens is 1. The summed E-state index contributed by atoms with van der Waals surface area (Å²) in [7, 11) is 2.17. The summed E-state index contributed by atoms with van der Waals surface area (Å²) in [4.78, 5) is 51.0. The molecule has 0 unspecified atom stereocenters. The number of piperidine rings is 2. The predicted octanol–water partition coefficient (Wildman–Crippen LogP) is 4.60. The summed E-state index contributed by atoms with van der Waals surface area (Å²) in [5.41, 5.74) is 4.07. The quantitative estimate of drug-likeness (QED) is 0.476. The number of aryl methyl sites for hydroxylation is 1. The number of hydrogen-bond donors (Lipinski definition) is 1. The molecule has 4 heterocycles. The number of nitrogens with one attached hydrogen (secondary N) is 1. The van der Waals surface area contributed by atoms with Gasteiger partial charge in [0.15, 0.2) is 6.10 Å². The van der Waals surface area contributed by atoms with E-state index < -0.39 is 12.2 Å². The first-order chi connectivity index (χ1) is 22.2. The lowest BCUT2D eigenvalue weighted by Gasteiger charge is -2.42. The Balaban J connectivity index is 1.07. The van der Waals surface area contributed by atoms with Crippen LogP contribution in [0.1, 0.15) is 42.4 Å². The molecule has 11 heteroatoms. The molecular weight excluding hydrogens is 648 g/mol. The van der Waals surface area contributed by atoms with E-state index in [1.807, 2.05) is 53.1 Å². The summed E-state index contributed by atoms with van der Waals surface area (Å²) in [6.45, 7) is 9.30. The number of ether oxygens (including phenoxy) is 1. The molecule has 3 fully saturated rings. The van der Waals surface area contributed by atoms with Crippen LogP contribution in [0, 0.1) is 6.92 Å². The Morgan fingerprint density at radius 3 is 2.28 bits per heavy atom. The van der Waals surface area contributed by atoms with Crippen LogP contribution in [0.2, 0.25) is 0 Å². The molecule has 3 saturated heterocycles. The van der Waals surface area contributed by atoms with Gasteiger partial charge in [0.05, 0.1) is 0 Å². The van der Waals surface area contributed by atoms with Gasteiger partial charge in [0.25, 0.3) is 5.91 Å². The van der Waals surface area contributed by atoms with Crippen molar-refractivity contribution in [1.29, 1.82) is 0 Å². The number of nitrogens with zero attached hydrogens (tertiary/aromatic N) is 5. The molecule has 10 nitrogen and oxygen atoms in total. The molecular formula is C35H47BrN6O4. The largest absolute Gasteiger partial charge is 0.436 e. The fourth-order valence-corrected chi connectivity index (χ4v) is 7.72.